The van der Waals surface area contributed by atoms with Crippen molar-refractivity contribution in [3.63, 3.8) is 0 Å². The number of nitro groups is 1. The Bertz CT molecular complexity index is 907. The van der Waals surface area contributed by atoms with Gasteiger partial charge in [0.15, 0.2) is 5.17 Å². The molecule has 0 spiro atoms. The molecule has 134 valence electrons. The topological polar surface area (TPSA) is 124 Å². The van der Waals surface area contributed by atoms with Crippen LogP contribution in [-0.2, 0) is 11.3 Å². The SMILES string of the molecule is COc1ccc(C=NN=C2NC(=O)CS2)cc1Cn1cc([N+](=O)[O-])cn1. The number of ether oxygens (including phenoxy) is 1. The summed E-state index contributed by atoms with van der Waals surface area (Å²) in [6, 6.07) is 5.40. The Labute approximate surface area is 152 Å². The van der Waals surface area contributed by atoms with Gasteiger partial charge in [0.25, 0.3) is 0 Å². The minimum atomic E-state index is -0.497. The highest BCUT2D eigenvalue weighted by Crippen LogP contribution is 2.21. The molecule has 0 atom stereocenters. The van der Waals surface area contributed by atoms with Crippen molar-refractivity contribution >= 4 is 34.7 Å². The van der Waals surface area contributed by atoms with E-state index in [0.717, 1.165) is 11.1 Å². The predicted molar refractivity (Wildman–Crippen MR) is 96.6 cm³/mol. The van der Waals surface area contributed by atoms with Gasteiger partial charge in [-0.3, -0.25) is 19.6 Å². The highest BCUT2D eigenvalue weighted by Gasteiger charge is 2.16. The molecule has 1 amide bonds. The Kier molecular flexibility index (Phi) is 5.27. The van der Waals surface area contributed by atoms with Gasteiger partial charge >= 0.3 is 5.69 Å². The van der Waals surface area contributed by atoms with Gasteiger partial charge in [0.2, 0.25) is 5.91 Å². The van der Waals surface area contributed by atoms with Crippen LogP contribution in [-0.4, -0.2) is 44.9 Å². The normalized spacial score (nSPS) is 15.6. The molecular weight excluding hydrogens is 360 g/mol. The van der Waals surface area contributed by atoms with Gasteiger partial charge in [0, 0.05) is 5.56 Å². The van der Waals surface area contributed by atoms with Crippen molar-refractivity contribution < 1.29 is 14.5 Å². The van der Waals surface area contributed by atoms with Gasteiger partial charge in [-0.15, -0.1) is 5.10 Å². The van der Waals surface area contributed by atoms with E-state index in [9.17, 15) is 14.9 Å². The van der Waals surface area contributed by atoms with Crippen LogP contribution in [0.1, 0.15) is 11.1 Å². The van der Waals surface area contributed by atoms with E-state index in [-0.39, 0.29) is 11.6 Å². The number of hydrogen-bond acceptors (Lipinski definition) is 8. The van der Waals surface area contributed by atoms with E-state index >= 15 is 0 Å². The third-order valence-electron chi connectivity index (χ3n) is 3.41. The fourth-order valence-corrected chi connectivity index (χ4v) is 2.87. The van der Waals surface area contributed by atoms with Crippen molar-refractivity contribution in [3.05, 3.63) is 51.8 Å². The molecule has 0 bridgehead atoms. The first-order valence-electron chi connectivity index (χ1n) is 7.42. The Hall–Kier alpha value is -3.21. The number of rotatable bonds is 6. The smallest absolute Gasteiger partial charge is 0.307 e. The molecule has 1 aliphatic heterocycles. The first kappa shape index (κ1) is 17.6. The molecule has 1 N–H and O–H groups in total. The number of hydrogen-bond donors (Lipinski definition) is 1. The van der Waals surface area contributed by atoms with Crippen molar-refractivity contribution in [3.8, 4) is 5.75 Å². The van der Waals surface area contributed by atoms with Gasteiger partial charge in [-0.05, 0) is 23.8 Å². The van der Waals surface area contributed by atoms with Gasteiger partial charge < -0.3 is 10.1 Å². The van der Waals surface area contributed by atoms with Crippen LogP contribution in [0.5, 0.6) is 5.75 Å². The first-order valence-corrected chi connectivity index (χ1v) is 8.41. The number of carbonyl (C=O) groups is 1. The van der Waals surface area contributed by atoms with Crippen molar-refractivity contribution in [2.75, 3.05) is 12.9 Å². The second kappa shape index (κ2) is 7.78. The largest absolute Gasteiger partial charge is 0.496 e. The van der Waals surface area contributed by atoms with Gasteiger partial charge in [0.05, 0.1) is 30.5 Å². The summed E-state index contributed by atoms with van der Waals surface area (Å²) >= 11 is 1.29. The van der Waals surface area contributed by atoms with E-state index < -0.39 is 4.92 Å². The molecule has 0 unspecified atom stereocenters. The lowest BCUT2D eigenvalue weighted by molar-refractivity contribution is -0.385. The Balaban J connectivity index is 1.77. The van der Waals surface area contributed by atoms with Gasteiger partial charge in [-0.25, -0.2) is 0 Å². The van der Waals surface area contributed by atoms with Crippen LogP contribution in [0.4, 0.5) is 5.69 Å². The fourth-order valence-electron chi connectivity index (χ4n) is 2.24. The monoisotopic (exact) mass is 374 g/mol. The van der Waals surface area contributed by atoms with Crippen LogP contribution in [0.15, 0.2) is 40.8 Å². The number of amidine groups is 1. The molecule has 0 saturated carbocycles. The number of aromatic nitrogens is 2. The molecular formula is C15H14N6O4S. The summed E-state index contributed by atoms with van der Waals surface area (Å²) in [4.78, 5) is 21.4. The molecule has 1 aromatic heterocycles. The summed E-state index contributed by atoms with van der Waals surface area (Å²) in [6.45, 7) is 0.305. The number of thioether (sulfide) groups is 1. The van der Waals surface area contributed by atoms with Crippen molar-refractivity contribution in [1.29, 1.82) is 0 Å². The molecule has 1 saturated heterocycles. The molecule has 2 aromatic rings. The average molecular weight is 374 g/mol. The maximum Gasteiger partial charge on any atom is 0.307 e. The van der Waals surface area contributed by atoms with Crippen LogP contribution in [0.2, 0.25) is 0 Å². The van der Waals surface area contributed by atoms with E-state index in [2.05, 4.69) is 20.6 Å². The van der Waals surface area contributed by atoms with E-state index in [1.165, 1.54) is 28.8 Å². The lowest BCUT2D eigenvalue weighted by Crippen LogP contribution is -2.19. The summed E-state index contributed by atoms with van der Waals surface area (Å²) in [5.41, 5.74) is 1.47. The fraction of sp³-hybridized carbons (Fsp3) is 0.200. The van der Waals surface area contributed by atoms with Crippen LogP contribution in [0, 0.1) is 10.1 Å². The molecule has 1 aliphatic rings. The van der Waals surface area contributed by atoms with Crippen LogP contribution >= 0.6 is 11.8 Å². The Morgan fingerprint density at radius 2 is 2.38 bits per heavy atom. The minimum absolute atomic E-state index is 0.0754. The summed E-state index contributed by atoms with van der Waals surface area (Å²) in [6.07, 6.45) is 4.10. The quantitative estimate of drug-likeness (QED) is 0.463. The molecule has 0 aliphatic carbocycles. The molecule has 26 heavy (non-hydrogen) atoms. The molecule has 1 aromatic carbocycles. The van der Waals surface area contributed by atoms with Crippen LogP contribution < -0.4 is 10.1 Å². The van der Waals surface area contributed by atoms with Crippen LogP contribution in [0.25, 0.3) is 0 Å². The molecule has 0 radical (unpaired) electrons. The zero-order chi connectivity index (χ0) is 18.5. The van der Waals surface area contributed by atoms with Crippen molar-refractivity contribution in [1.82, 2.24) is 15.1 Å². The number of amides is 1. The maximum atomic E-state index is 11.1. The second-order valence-electron chi connectivity index (χ2n) is 5.21. The third kappa shape index (κ3) is 4.25. The number of methoxy groups -OCH3 is 1. The van der Waals surface area contributed by atoms with Gasteiger partial charge in [0.1, 0.15) is 18.1 Å². The van der Waals surface area contributed by atoms with E-state index in [0.29, 0.717) is 23.2 Å². The first-order chi connectivity index (χ1) is 12.5. The number of nitrogens with zero attached hydrogens (tertiary/aromatic N) is 5. The van der Waals surface area contributed by atoms with Crippen molar-refractivity contribution in [2.45, 2.75) is 6.54 Å². The van der Waals surface area contributed by atoms with E-state index in [1.54, 1.807) is 25.5 Å². The van der Waals surface area contributed by atoms with Crippen LogP contribution in [0.3, 0.4) is 0 Å². The molecule has 10 nitrogen and oxygen atoms in total. The highest BCUT2D eigenvalue weighted by atomic mass is 32.2. The summed E-state index contributed by atoms with van der Waals surface area (Å²) in [5, 5.41) is 25.7. The zero-order valence-corrected chi connectivity index (χ0v) is 14.5. The average Bonchev–Trinajstić information content (AvgIpc) is 3.24. The Morgan fingerprint density at radius 1 is 1.54 bits per heavy atom. The molecule has 3 rings (SSSR count). The lowest BCUT2D eigenvalue weighted by atomic mass is 10.1. The zero-order valence-electron chi connectivity index (χ0n) is 13.7. The maximum absolute atomic E-state index is 11.1. The number of carbonyl (C=O) groups excluding carboxylic acids is 1. The summed E-state index contributed by atoms with van der Waals surface area (Å²) < 4.78 is 6.79. The summed E-state index contributed by atoms with van der Waals surface area (Å²) in [7, 11) is 1.55. The van der Waals surface area contributed by atoms with Gasteiger partial charge in [-0.2, -0.15) is 10.2 Å². The molecule has 1 fully saturated rings. The summed E-state index contributed by atoms with van der Waals surface area (Å²) in [5.74, 6) is 0.881. The van der Waals surface area contributed by atoms with Crippen molar-refractivity contribution in [2.24, 2.45) is 10.2 Å². The van der Waals surface area contributed by atoms with Gasteiger partial charge in [-0.1, -0.05) is 11.8 Å². The predicted octanol–water partition coefficient (Wildman–Crippen LogP) is 1.40. The molecule has 11 heteroatoms. The third-order valence-corrected chi connectivity index (χ3v) is 4.27. The minimum Gasteiger partial charge on any atom is -0.496 e. The number of benzene rings is 1. The Morgan fingerprint density at radius 3 is 3.04 bits per heavy atom. The van der Waals surface area contributed by atoms with E-state index in [1.807, 2.05) is 6.07 Å². The lowest BCUT2D eigenvalue weighted by Gasteiger charge is -2.09. The number of nitrogens with one attached hydrogen (secondary N) is 1. The highest BCUT2D eigenvalue weighted by molar-refractivity contribution is 8.15. The molecule has 2 heterocycles. The van der Waals surface area contributed by atoms with E-state index in [4.69, 9.17) is 4.74 Å². The second-order valence-corrected chi connectivity index (χ2v) is 6.18. The standard InChI is InChI=1S/C15H14N6O4S/c1-25-13-3-2-10(5-16-19-15-18-14(22)9-26-15)4-11(13)7-20-8-12(6-17-20)21(23)24/h2-6,8H,7,9H2,1H3,(H,18,19,22).